The van der Waals surface area contributed by atoms with E-state index in [0.717, 1.165) is 43.4 Å². The lowest BCUT2D eigenvalue weighted by atomic mass is 9.52. The number of hydrogen-bond donors (Lipinski definition) is 2. The van der Waals surface area contributed by atoms with Crippen LogP contribution in [0.25, 0.3) is 0 Å². The lowest BCUT2D eigenvalue weighted by Crippen LogP contribution is -2.50. The van der Waals surface area contributed by atoms with E-state index in [4.69, 9.17) is 4.74 Å². The van der Waals surface area contributed by atoms with Crippen LogP contribution < -0.4 is 10.1 Å². The highest BCUT2D eigenvalue weighted by molar-refractivity contribution is 5.77. The molecule has 0 unspecified atom stereocenters. The number of fused-ring (bicyclic) bond motifs is 3. The molecule has 5 nitrogen and oxygen atoms in total. The molecule has 0 radical (unpaired) electrons. The summed E-state index contributed by atoms with van der Waals surface area (Å²) in [6.45, 7) is 2.37. The van der Waals surface area contributed by atoms with Crippen molar-refractivity contribution < 1.29 is 14.6 Å². The molecule has 1 aromatic heterocycles. The second-order valence-corrected chi connectivity index (χ2v) is 10.7. The van der Waals surface area contributed by atoms with Gasteiger partial charge in [-0.3, -0.25) is 9.78 Å². The average molecular weight is 509 g/mol. The van der Waals surface area contributed by atoms with Crippen LogP contribution in [-0.4, -0.2) is 34.8 Å². The van der Waals surface area contributed by atoms with Gasteiger partial charge < -0.3 is 15.2 Å². The molecule has 1 saturated carbocycles. The second kappa shape index (κ2) is 11.4. The highest BCUT2D eigenvalue weighted by atomic mass is 16.5. The van der Waals surface area contributed by atoms with E-state index in [-0.39, 0.29) is 17.9 Å². The summed E-state index contributed by atoms with van der Waals surface area (Å²) >= 11 is 0. The molecule has 196 valence electrons. The maximum atomic E-state index is 12.4. The number of carbonyl (C=O) groups excluding carboxylic acids is 1. The molecular formula is C33H36N2O3. The minimum atomic E-state index is -0.898. The van der Waals surface area contributed by atoms with Crippen molar-refractivity contribution in [2.45, 2.75) is 62.9 Å². The molecule has 0 aliphatic heterocycles. The summed E-state index contributed by atoms with van der Waals surface area (Å²) in [5, 5.41) is 14.1. The number of hydrogen-bond acceptors (Lipinski definition) is 4. The van der Waals surface area contributed by atoms with Crippen molar-refractivity contribution in [3.8, 4) is 17.6 Å². The number of pyridine rings is 1. The van der Waals surface area contributed by atoms with E-state index in [1.54, 1.807) is 12.4 Å². The maximum Gasteiger partial charge on any atom is 0.257 e. The summed E-state index contributed by atoms with van der Waals surface area (Å²) in [6.07, 6.45) is 9.44. The van der Waals surface area contributed by atoms with Crippen molar-refractivity contribution >= 4 is 5.91 Å². The topological polar surface area (TPSA) is 71.5 Å². The number of nitrogens with zero attached hydrogens (tertiary/aromatic N) is 1. The Morgan fingerprint density at radius 3 is 2.71 bits per heavy atom. The fraction of sp³-hybridized carbons (Fsp3) is 0.394. The zero-order valence-corrected chi connectivity index (χ0v) is 22.1. The van der Waals surface area contributed by atoms with Crippen LogP contribution in [0.5, 0.6) is 5.75 Å². The van der Waals surface area contributed by atoms with Gasteiger partial charge in [0.2, 0.25) is 0 Å². The highest BCUT2D eigenvalue weighted by Crippen LogP contribution is 2.54. The largest absolute Gasteiger partial charge is 0.484 e. The van der Waals surface area contributed by atoms with Crippen molar-refractivity contribution in [2.24, 2.45) is 5.92 Å². The van der Waals surface area contributed by atoms with Crippen molar-refractivity contribution in [3.63, 3.8) is 0 Å². The molecule has 0 spiro atoms. The molecule has 0 bridgehead atoms. The van der Waals surface area contributed by atoms with Gasteiger partial charge in [0.15, 0.2) is 6.61 Å². The molecule has 5 rings (SSSR count). The first-order valence-electron chi connectivity index (χ1n) is 13.6. The number of ether oxygens (including phenoxy) is 1. The summed E-state index contributed by atoms with van der Waals surface area (Å²) in [6, 6.07) is 20.9. The third-order valence-electron chi connectivity index (χ3n) is 8.30. The van der Waals surface area contributed by atoms with E-state index in [2.05, 4.69) is 64.6 Å². The first-order valence-corrected chi connectivity index (χ1v) is 13.6. The number of aromatic nitrogens is 1. The van der Waals surface area contributed by atoms with E-state index in [0.29, 0.717) is 25.3 Å². The molecule has 1 amide bonds. The van der Waals surface area contributed by atoms with Crippen LogP contribution in [0.2, 0.25) is 0 Å². The third-order valence-corrected chi connectivity index (χ3v) is 8.30. The average Bonchev–Trinajstić information content (AvgIpc) is 2.93. The lowest BCUT2D eigenvalue weighted by Gasteiger charge is -2.52. The molecule has 2 N–H and O–H groups in total. The number of carbonyl (C=O) groups is 1. The lowest BCUT2D eigenvalue weighted by molar-refractivity contribution is -0.123. The van der Waals surface area contributed by atoms with Crippen molar-refractivity contribution in [1.82, 2.24) is 10.3 Å². The Morgan fingerprint density at radius 1 is 1.11 bits per heavy atom. The predicted octanol–water partition coefficient (Wildman–Crippen LogP) is 4.80. The standard InChI is InChI=1S/C33H36N2O3/c1-2-15-32(37)16-17-33(22-26-6-4-3-5-7-26)28(23-32)9-8-27-21-29(10-11-30(27)33)38-24-31(36)35-20-14-25-12-18-34-19-13-25/h3-7,10-13,18-19,21,28,37H,8-9,14,16-17,20,22-24H2,1H3,(H,35,36)/t28-,32-,33+/m1/s1. The molecule has 2 aliphatic rings. The number of amides is 1. The van der Waals surface area contributed by atoms with Crippen LogP contribution in [0.4, 0.5) is 0 Å². The molecule has 2 aliphatic carbocycles. The Labute approximate surface area is 225 Å². The molecule has 2 aromatic carbocycles. The predicted molar refractivity (Wildman–Crippen MR) is 149 cm³/mol. The van der Waals surface area contributed by atoms with Gasteiger partial charge in [0, 0.05) is 24.4 Å². The number of aliphatic hydroxyl groups is 1. The molecular weight excluding hydrogens is 472 g/mol. The molecule has 1 heterocycles. The Hall–Kier alpha value is -3.62. The van der Waals surface area contributed by atoms with Gasteiger partial charge in [0.05, 0.1) is 0 Å². The Bertz CT molecular complexity index is 1310. The van der Waals surface area contributed by atoms with E-state index in [9.17, 15) is 9.90 Å². The van der Waals surface area contributed by atoms with E-state index in [1.165, 1.54) is 16.7 Å². The van der Waals surface area contributed by atoms with Crippen molar-refractivity contribution in [1.29, 1.82) is 0 Å². The van der Waals surface area contributed by atoms with Crippen LogP contribution in [-0.2, 0) is 29.5 Å². The van der Waals surface area contributed by atoms with E-state index >= 15 is 0 Å². The van der Waals surface area contributed by atoms with Crippen molar-refractivity contribution in [2.75, 3.05) is 13.2 Å². The van der Waals surface area contributed by atoms with Crippen molar-refractivity contribution in [3.05, 3.63) is 95.3 Å². The minimum absolute atomic E-state index is 0.00433. The zero-order valence-electron chi connectivity index (χ0n) is 22.1. The number of benzene rings is 2. The van der Waals surface area contributed by atoms with Crippen LogP contribution >= 0.6 is 0 Å². The van der Waals surface area contributed by atoms with Gasteiger partial charge in [-0.25, -0.2) is 0 Å². The number of aryl methyl sites for hydroxylation is 1. The Balaban J connectivity index is 1.29. The van der Waals surface area contributed by atoms with E-state index in [1.807, 2.05) is 25.1 Å². The minimum Gasteiger partial charge on any atom is -0.484 e. The molecule has 1 fully saturated rings. The monoisotopic (exact) mass is 508 g/mol. The smallest absolute Gasteiger partial charge is 0.257 e. The number of nitrogens with one attached hydrogen (secondary N) is 1. The summed E-state index contributed by atoms with van der Waals surface area (Å²) < 4.78 is 5.91. The van der Waals surface area contributed by atoms with Gasteiger partial charge in [0.25, 0.3) is 5.91 Å². The van der Waals surface area contributed by atoms with Gasteiger partial charge >= 0.3 is 0 Å². The molecule has 3 aromatic rings. The SMILES string of the molecule is CC#C[C@@]1(O)CC[C@@]2(Cc3ccccc3)c3ccc(OCC(=O)NCCc4ccncc4)cc3CC[C@@H]2C1. The van der Waals surface area contributed by atoms with Crippen LogP contribution in [0.3, 0.4) is 0 Å². The summed E-state index contributed by atoms with van der Waals surface area (Å²) in [5.74, 6) is 7.02. The molecule has 3 atom stereocenters. The molecule has 0 saturated heterocycles. The third kappa shape index (κ3) is 5.76. The van der Waals surface area contributed by atoms with Gasteiger partial charge in [-0.2, -0.15) is 0 Å². The Morgan fingerprint density at radius 2 is 1.92 bits per heavy atom. The van der Waals surface area contributed by atoms with Gasteiger partial charge in [-0.1, -0.05) is 42.3 Å². The van der Waals surface area contributed by atoms with Gasteiger partial charge in [0.1, 0.15) is 11.4 Å². The normalized spacial score (nSPS) is 23.8. The highest BCUT2D eigenvalue weighted by Gasteiger charge is 2.51. The van der Waals surface area contributed by atoms with Crippen LogP contribution in [0.1, 0.15) is 54.9 Å². The molecule has 38 heavy (non-hydrogen) atoms. The second-order valence-electron chi connectivity index (χ2n) is 10.7. The van der Waals surface area contributed by atoms with E-state index < -0.39 is 5.60 Å². The van der Waals surface area contributed by atoms with Gasteiger partial charge in [-0.15, -0.1) is 5.92 Å². The molecule has 5 heteroatoms. The maximum absolute atomic E-state index is 12.4. The summed E-state index contributed by atoms with van der Waals surface area (Å²) in [7, 11) is 0. The summed E-state index contributed by atoms with van der Waals surface area (Å²) in [4.78, 5) is 16.4. The van der Waals surface area contributed by atoms with Gasteiger partial charge in [-0.05, 0) is 104 Å². The van der Waals surface area contributed by atoms with Crippen LogP contribution in [0.15, 0.2) is 73.1 Å². The first-order chi connectivity index (χ1) is 18.5. The fourth-order valence-electron chi connectivity index (χ4n) is 6.48. The zero-order chi connectivity index (χ0) is 26.4. The summed E-state index contributed by atoms with van der Waals surface area (Å²) in [5.41, 5.74) is 4.17. The quantitative estimate of drug-likeness (QED) is 0.429. The number of rotatable bonds is 8. The fourth-order valence-corrected chi connectivity index (χ4v) is 6.48. The Kier molecular flexibility index (Phi) is 7.81. The first kappa shape index (κ1) is 26.0. The van der Waals surface area contributed by atoms with Crippen LogP contribution in [0, 0.1) is 17.8 Å².